The number of amides is 1. The molecule has 1 N–H and O–H groups in total. The molecule has 0 aliphatic carbocycles. The molecule has 0 saturated heterocycles. The maximum absolute atomic E-state index is 11.6. The van der Waals surface area contributed by atoms with Crippen molar-refractivity contribution in [1.82, 2.24) is 0 Å². The van der Waals surface area contributed by atoms with Crippen LogP contribution in [0.2, 0.25) is 0 Å². The number of nitrogens with one attached hydrogen (secondary N) is 1. The fourth-order valence-corrected chi connectivity index (χ4v) is 2.04. The second-order valence-corrected chi connectivity index (χ2v) is 4.74. The molecule has 0 bridgehead atoms. The Morgan fingerprint density at radius 2 is 2.00 bits per heavy atom. The van der Waals surface area contributed by atoms with Gasteiger partial charge in [-0.15, -0.1) is 11.3 Å². The van der Waals surface area contributed by atoms with Gasteiger partial charge in [0.2, 0.25) is 0 Å². The first-order chi connectivity index (χ1) is 9.69. The van der Waals surface area contributed by atoms with E-state index in [9.17, 15) is 9.59 Å². The zero-order valence-electron chi connectivity index (χ0n) is 10.3. The van der Waals surface area contributed by atoms with E-state index in [1.54, 1.807) is 41.8 Å². The van der Waals surface area contributed by atoms with Crippen LogP contribution >= 0.6 is 11.3 Å². The normalized spacial score (nSPS) is 9.55. The standard InChI is InChI=1S/C14H10N2O3S/c15-8-10-3-5-11(6-4-10)16-13(17)9-19-14(18)12-2-1-7-20-12/h1-7H,9H2,(H,16,17). The molecule has 6 heteroatoms. The summed E-state index contributed by atoms with van der Waals surface area (Å²) in [5, 5.41) is 13.0. The number of esters is 1. The van der Waals surface area contributed by atoms with Crippen LogP contribution in [0, 0.1) is 11.3 Å². The molecule has 0 fully saturated rings. The van der Waals surface area contributed by atoms with Gasteiger partial charge in [-0.1, -0.05) is 6.07 Å². The van der Waals surface area contributed by atoms with Crippen LogP contribution in [0.25, 0.3) is 0 Å². The Hall–Kier alpha value is -2.65. The van der Waals surface area contributed by atoms with Gasteiger partial charge in [0.15, 0.2) is 6.61 Å². The first-order valence-electron chi connectivity index (χ1n) is 5.69. The van der Waals surface area contributed by atoms with Gasteiger partial charge in [0.05, 0.1) is 11.6 Å². The molecule has 1 amide bonds. The number of rotatable bonds is 4. The molecule has 0 aliphatic heterocycles. The van der Waals surface area contributed by atoms with Gasteiger partial charge in [0, 0.05) is 5.69 Å². The number of nitrogens with zero attached hydrogens (tertiary/aromatic N) is 1. The highest BCUT2D eigenvalue weighted by molar-refractivity contribution is 7.11. The topological polar surface area (TPSA) is 79.2 Å². The van der Waals surface area contributed by atoms with E-state index in [2.05, 4.69) is 5.32 Å². The summed E-state index contributed by atoms with van der Waals surface area (Å²) in [5.41, 5.74) is 1.05. The number of nitriles is 1. The van der Waals surface area contributed by atoms with Gasteiger partial charge in [-0.3, -0.25) is 4.79 Å². The second kappa shape index (κ2) is 6.50. The molecule has 0 saturated carbocycles. The van der Waals surface area contributed by atoms with E-state index in [1.807, 2.05) is 6.07 Å². The minimum Gasteiger partial charge on any atom is -0.451 e. The third kappa shape index (κ3) is 3.67. The molecular formula is C14H10N2O3S. The summed E-state index contributed by atoms with van der Waals surface area (Å²) in [6, 6.07) is 11.7. The highest BCUT2D eigenvalue weighted by Crippen LogP contribution is 2.11. The third-order valence-electron chi connectivity index (χ3n) is 2.35. The van der Waals surface area contributed by atoms with Gasteiger partial charge in [0.1, 0.15) is 4.88 Å². The van der Waals surface area contributed by atoms with Crippen molar-refractivity contribution in [3.8, 4) is 6.07 Å². The molecule has 1 aromatic heterocycles. The Labute approximate surface area is 119 Å². The fourth-order valence-electron chi connectivity index (χ4n) is 1.42. The quantitative estimate of drug-likeness (QED) is 0.875. The largest absolute Gasteiger partial charge is 0.451 e. The van der Waals surface area contributed by atoms with Crippen molar-refractivity contribution in [3.05, 3.63) is 52.2 Å². The Morgan fingerprint density at radius 3 is 2.60 bits per heavy atom. The molecule has 20 heavy (non-hydrogen) atoms. The van der Waals surface area contributed by atoms with Crippen LogP contribution in [-0.4, -0.2) is 18.5 Å². The summed E-state index contributed by atoms with van der Waals surface area (Å²) >= 11 is 1.25. The highest BCUT2D eigenvalue weighted by atomic mass is 32.1. The number of hydrogen-bond donors (Lipinski definition) is 1. The summed E-state index contributed by atoms with van der Waals surface area (Å²) in [4.78, 5) is 23.6. The van der Waals surface area contributed by atoms with Gasteiger partial charge in [-0.2, -0.15) is 5.26 Å². The Morgan fingerprint density at radius 1 is 1.25 bits per heavy atom. The van der Waals surface area contributed by atoms with Gasteiger partial charge >= 0.3 is 5.97 Å². The van der Waals surface area contributed by atoms with E-state index in [0.717, 1.165) is 0 Å². The molecule has 0 aliphatic rings. The van der Waals surface area contributed by atoms with E-state index in [1.165, 1.54) is 11.3 Å². The second-order valence-electron chi connectivity index (χ2n) is 3.79. The Kier molecular flexibility index (Phi) is 4.47. The van der Waals surface area contributed by atoms with Gasteiger partial charge in [-0.05, 0) is 35.7 Å². The zero-order valence-corrected chi connectivity index (χ0v) is 11.1. The predicted octanol–water partition coefficient (Wildman–Crippen LogP) is 2.42. The van der Waals surface area contributed by atoms with Crippen LogP contribution in [0.5, 0.6) is 0 Å². The van der Waals surface area contributed by atoms with Crippen molar-refractivity contribution in [1.29, 1.82) is 5.26 Å². The van der Waals surface area contributed by atoms with Crippen LogP contribution in [-0.2, 0) is 9.53 Å². The summed E-state index contributed by atoms with van der Waals surface area (Å²) in [6.07, 6.45) is 0. The maximum atomic E-state index is 11.6. The molecular weight excluding hydrogens is 276 g/mol. The van der Waals surface area contributed by atoms with Crippen molar-refractivity contribution in [3.63, 3.8) is 0 Å². The lowest BCUT2D eigenvalue weighted by molar-refractivity contribution is -0.119. The Balaban J connectivity index is 1.83. The summed E-state index contributed by atoms with van der Waals surface area (Å²) in [5.74, 6) is -0.949. The van der Waals surface area contributed by atoms with Crippen molar-refractivity contribution in [2.24, 2.45) is 0 Å². The molecule has 0 spiro atoms. The molecule has 100 valence electrons. The number of benzene rings is 1. The molecule has 0 unspecified atom stereocenters. The average molecular weight is 286 g/mol. The van der Waals surface area contributed by atoms with Crippen LogP contribution in [0.4, 0.5) is 5.69 Å². The molecule has 2 rings (SSSR count). The summed E-state index contributed by atoms with van der Waals surface area (Å²) in [6.45, 7) is -0.350. The number of hydrogen-bond acceptors (Lipinski definition) is 5. The Bertz CT molecular complexity index is 642. The molecule has 0 radical (unpaired) electrons. The van der Waals surface area contributed by atoms with Gasteiger partial charge < -0.3 is 10.1 Å². The van der Waals surface area contributed by atoms with Crippen LogP contribution in [0.1, 0.15) is 15.2 Å². The van der Waals surface area contributed by atoms with Crippen molar-refractivity contribution in [2.75, 3.05) is 11.9 Å². The highest BCUT2D eigenvalue weighted by Gasteiger charge is 2.10. The number of carbonyl (C=O) groups excluding carboxylic acids is 2. The van der Waals surface area contributed by atoms with E-state index in [-0.39, 0.29) is 6.61 Å². The van der Waals surface area contributed by atoms with Crippen LogP contribution in [0.15, 0.2) is 41.8 Å². The van der Waals surface area contributed by atoms with Crippen molar-refractivity contribution in [2.45, 2.75) is 0 Å². The summed E-state index contributed by atoms with van der Waals surface area (Å²) in [7, 11) is 0. The van der Waals surface area contributed by atoms with Crippen LogP contribution in [0.3, 0.4) is 0 Å². The monoisotopic (exact) mass is 286 g/mol. The molecule has 1 aromatic carbocycles. The smallest absolute Gasteiger partial charge is 0.348 e. The minimum absolute atomic E-state index is 0.350. The number of thiophene rings is 1. The first-order valence-corrected chi connectivity index (χ1v) is 6.57. The lowest BCUT2D eigenvalue weighted by Crippen LogP contribution is -2.20. The maximum Gasteiger partial charge on any atom is 0.348 e. The molecule has 2 aromatic rings. The van der Waals surface area contributed by atoms with E-state index in [4.69, 9.17) is 10.00 Å². The number of anilines is 1. The fraction of sp³-hybridized carbons (Fsp3) is 0.0714. The average Bonchev–Trinajstić information content (AvgIpc) is 3.00. The van der Waals surface area contributed by atoms with Gasteiger partial charge in [0.25, 0.3) is 5.91 Å². The van der Waals surface area contributed by atoms with Crippen molar-refractivity contribution < 1.29 is 14.3 Å². The van der Waals surface area contributed by atoms with E-state index < -0.39 is 11.9 Å². The lowest BCUT2D eigenvalue weighted by atomic mass is 10.2. The molecule has 5 nitrogen and oxygen atoms in total. The third-order valence-corrected chi connectivity index (χ3v) is 3.20. The predicted molar refractivity (Wildman–Crippen MR) is 74.4 cm³/mol. The van der Waals surface area contributed by atoms with E-state index in [0.29, 0.717) is 16.1 Å². The molecule has 1 heterocycles. The van der Waals surface area contributed by atoms with Crippen molar-refractivity contribution >= 4 is 28.9 Å². The van der Waals surface area contributed by atoms with E-state index >= 15 is 0 Å². The molecule has 0 atom stereocenters. The SMILES string of the molecule is N#Cc1ccc(NC(=O)COC(=O)c2cccs2)cc1. The summed E-state index contributed by atoms with van der Waals surface area (Å²) < 4.78 is 4.87. The van der Waals surface area contributed by atoms with Crippen LogP contribution < -0.4 is 5.32 Å². The minimum atomic E-state index is -0.519. The first kappa shape index (κ1) is 13.8. The zero-order chi connectivity index (χ0) is 14.4. The van der Waals surface area contributed by atoms with Gasteiger partial charge in [-0.25, -0.2) is 4.79 Å². The number of ether oxygens (including phenoxy) is 1. The lowest BCUT2D eigenvalue weighted by Gasteiger charge is -2.05. The number of carbonyl (C=O) groups is 2.